The zero-order valence-corrected chi connectivity index (χ0v) is 14.2. The van der Waals surface area contributed by atoms with Crippen molar-refractivity contribution in [2.24, 2.45) is 5.92 Å². The van der Waals surface area contributed by atoms with Crippen LogP contribution in [0, 0.1) is 5.92 Å². The molecule has 1 aliphatic rings. The topological polar surface area (TPSA) is 60.9 Å². The van der Waals surface area contributed by atoms with Gasteiger partial charge in [-0.2, -0.15) is 4.31 Å². The third kappa shape index (κ3) is 5.05. The van der Waals surface area contributed by atoms with E-state index in [2.05, 4.69) is 4.90 Å². The lowest BCUT2D eigenvalue weighted by Crippen LogP contribution is -2.45. The molecule has 6 heteroatoms. The average Bonchev–Trinajstić information content (AvgIpc) is 2.47. The summed E-state index contributed by atoms with van der Waals surface area (Å²) in [5.74, 6) is 0.245. The number of aliphatic hydroxyl groups is 1. The minimum atomic E-state index is -3.23. The molecule has 124 valence electrons. The summed E-state index contributed by atoms with van der Waals surface area (Å²) in [6, 6.07) is 9.65. The molecule has 0 aromatic heterocycles. The van der Waals surface area contributed by atoms with Gasteiger partial charge in [0.05, 0.1) is 12.4 Å². The highest BCUT2D eigenvalue weighted by molar-refractivity contribution is 7.88. The highest BCUT2D eigenvalue weighted by Gasteiger charge is 2.25. The highest BCUT2D eigenvalue weighted by Crippen LogP contribution is 2.17. The number of aliphatic hydroxyl groups excluding tert-OH is 1. The first-order valence-corrected chi connectivity index (χ1v) is 9.60. The molecule has 22 heavy (non-hydrogen) atoms. The number of likely N-dealkylation sites (tertiary alicyclic amines) is 1. The Morgan fingerprint density at radius 3 is 2.59 bits per heavy atom. The average molecular weight is 326 g/mol. The standard InChI is InChI=1S/C16H26N2O3S/c1-14-12-17(9-8-16(14)19)10-11-18(22(2,20)21)13-15-6-4-3-5-7-15/h3-7,14,16,19H,8-13H2,1-2H3. The van der Waals surface area contributed by atoms with Gasteiger partial charge in [0.1, 0.15) is 0 Å². The minimum absolute atomic E-state index is 0.230. The first-order chi connectivity index (χ1) is 10.4. The third-order valence-electron chi connectivity index (χ3n) is 4.28. The summed E-state index contributed by atoms with van der Waals surface area (Å²) in [7, 11) is -3.23. The van der Waals surface area contributed by atoms with Gasteiger partial charge in [-0.05, 0) is 17.9 Å². The van der Waals surface area contributed by atoms with Gasteiger partial charge in [0.15, 0.2) is 0 Å². The summed E-state index contributed by atoms with van der Waals surface area (Å²) >= 11 is 0. The second-order valence-corrected chi connectivity index (χ2v) is 8.20. The molecule has 2 unspecified atom stereocenters. The van der Waals surface area contributed by atoms with E-state index >= 15 is 0 Å². The van der Waals surface area contributed by atoms with Crippen LogP contribution in [0.2, 0.25) is 0 Å². The predicted octanol–water partition coefficient (Wildman–Crippen LogP) is 1.15. The molecule has 0 aliphatic carbocycles. The van der Waals surface area contributed by atoms with E-state index in [1.54, 1.807) is 0 Å². The van der Waals surface area contributed by atoms with Crippen molar-refractivity contribution in [1.82, 2.24) is 9.21 Å². The SMILES string of the molecule is CC1CN(CCN(Cc2ccccc2)S(C)(=O)=O)CCC1O. The van der Waals surface area contributed by atoms with E-state index in [1.807, 2.05) is 37.3 Å². The summed E-state index contributed by atoms with van der Waals surface area (Å²) in [5, 5.41) is 9.76. The van der Waals surface area contributed by atoms with E-state index in [9.17, 15) is 13.5 Å². The fourth-order valence-electron chi connectivity index (χ4n) is 2.82. The number of benzene rings is 1. The number of rotatable bonds is 6. The Morgan fingerprint density at radius 2 is 2.00 bits per heavy atom. The van der Waals surface area contributed by atoms with Crippen LogP contribution in [0.15, 0.2) is 30.3 Å². The number of nitrogens with zero attached hydrogens (tertiary/aromatic N) is 2. The molecule has 0 bridgehead atoms. The van der Waals surface area contributed by atoms with Crippen LogP contribution in [0.4, 0.5) is 0 Å². The van der Waals surface area contributed by atoms with E-state index in [4.69, 9.17) is 0 Å². The molecule has 0 saturated carbocycles. The largest absolute Gasteiger partial charge is 0.393 e. The molecule has 2 atom stereocenters. The van der Waals surface area contributed by atoms with Crippen LogP contribution in [-0.2, 0) is 16.6 Å². The zero-order chi connectivity index (χ0) is 16.2. The van der Waals surface area contributed by atoms with Gasteiger partial charge < -0.3 is 10.0 Å². The molecule has 0 radical (unpaired) electrons. The number of piperidine rings is 1. The van der Waals surface area contributed by atoms with Gasteiger partial charge in [-0.25, -0.2) is 8.42 Å². The first-order valence-electron chi connectivity index (χ1n) is 7.75. The van der Waals surface area contributed by atoms with Crippen molar-refractivity contribution in [3.63, 3.8) is 0 Å². The molecular formula is C16H26N2O3S. The van der Waals surface area contributed by atoms with Gasteiger partial charge in [0.25, 0.3) is 0 Å². The summed E-state index contributed by atoms with van der Waals surface area (Å²) in [5.41, 5.74) is 0.996. The number of hydrogen-bond acceptors (Lipinski definition) is 4. The van der Waals surface area contributed by atoms with E-state index in [0.717, 1.165) is 25.1 Å². The highest BCUT2D eigenvalue weighted by atomic mass is 32.2. The maximum atomic E-state index is 12.0. The van der Waals surface area contributed by atoms with E-state index in [-0.39, 0.29) is 12.0 Å². The number of hydrogen-bond donors (Lipinski definition) is 1. The van der Waals surface area contributed by atoms with Crippen LogP contribution in [-0.4, -0.2) is 61.3 Å². The van der Waals surface area contributed by atoms with Crippen molar-refractivity contribution in [1.29, 1.82) is 0 Å². The third-order valence-corrected chi connectivity index (χ3v) is 5.53. The van der Waals surface area contributed by atoms with E-state index in [1.165, 1.54) is 10.6 Å². The second-order valence-electron chi connectivity index (χ2n) is 6.22. The molecule has 1 aromatic carbocycles. The van der Waals surface area contributed by atoms with Gasteiger partial charge in [0.2, 0.25) is 10.0 Å². The summed E-state index contributed by atoms with van der Waals surface area (Å²) in [6.45, 7) is 5.28. The van der Waals surface area contributed by atoms with Gasteiger partial charge in [0, 0.05) is 32.7 Å². The van der Waals surface area contributed by atoms with Crippen molar-refractivity contribution in [2.45, 2.75) is 26.0 Å². The lowest BCUT2D eigenvalue weighted by Gasteiger charge is -2.35. The molecule has 1 aliphatic heterocycles. The predicted molar refractivity (Wildman–Crippen MR) is 87.9 cm³/mol. The molecule has 0 spiro atoms. The molecule has 2 rings (SSSR count). The van der Waals surface area contributed by atoms with Crippen LogP contribution >= 0.6 is 0 Å². The Morgan fingerprint density at radius 1 is 1.32 bits per heavy atom. The van der Waals surface area contributed by atoms with Gasteiger partial charge in [-0.15, -0.1) is 0 Å². The van der Waals surface area contributed by atoms with Crippen molar-refractivity contribution in [2.75, 3.05) is 32.4 Å². The maximum Gasteiger partial charge on any atom is 0.211 e. The quantitative estimate of drug-likeness (QED) is 0.852. The Labute approximate surface area is 133 Å². The smallest absolute Gasteiger partial charge is 0.211 e. The first kappa shape index (κ1) is 17.4. The Bertz CT molecular complexity index is 562. The van der Waals surface area contributed by atoms with Crippen molar-refractivity contribution >= 4 is 10.0 Å². The van der Waals surface area contributed by atoms with Crippen LogP contribution in [0.1, 0.15) is 18.9 Å². The second kappa shape index (κ2) is 7.55. The van der Waals surface area contributed by atoms with Crippen molar-refractivity contribution < 1.29 is 13.5 Å². The molecule has 1 saturated heterocycles. The molecule has 1 heterocycles. The molecule has 0 amide bonds. The summed E-state index contributed by atoms with van der Waals surface area (Å²) in [6.07, 6.45) is 1.80. The summed E-state index contributed by atoms with van der Waals surface area (Å²) < 4.78 is 25.5. The molecule has 1 aromatic rings. The number of sulfonamides is 1. The minimum Gasteiger partial charge on any atom is -0.393 e. The van der Waals surface area contributed by atoms with Crippen LogP contribution in [0.3, 0.4) is 0 Å². The van der Waals surface area contributed by atoms with Crippen molar-refractivity contribution in [3.05, 3.63) is 35.9 Å². The van der Waals surface area contributed by atoms with Crippen molar-refractivity contribution in [3.8, 4) is 0 Å². The maximum absolute atomic E-state index is 12.0. The fraction of sp³-hybridized carbons (Fsp3) is 0.625. The molecule has 5 nitrogen and oxygen atoms in total. The van der Waals surface area contributed by atoms with Crippen LogP contribution in [0.5, 0.6) is 0 Å². The Hall–Kier alpha value is -0.950. The summed E-state index contributed by atoms with van der Waals surface area (Å²) in [4.78, 5) is 2.24. The van der Waals surface area contributed by atoms with E-state index < -0.39 is 10.0 Å². The zero-order valence-electron chi connectivity index (χ0n) is 13.4. The van der Waals surface area contributed by atoms with Gasteiger partial charge in [-0.1, -0.05) is 37.3 Å². The van der Waals surface area contributed by atoms with Crippen LogP contribution in [0.25, 0.3) is 0 Å². The normalized spacial score (nSPS) is 23.8. The fourth-order valence-corrected chi connectivity index (χ4v) is 3.62. The molecule has 1 fully saturated rings. The van der Waals surface area contributed by atoms with Gasteiger partial charge >= 0.3 is 0 Å². The Balaban J connectivity index is 1.94. The lowest BCUT2D eigenvalue weighted by molar-refractivity contribution is 0.0337. The van der Waals surface area contributed by atoms with Crippen LogP contribution < -0.4 is 0 Å². The van der Waals surface area contributed by atoms with Gasteiger partial charge in [-0.3, -0.25) is 0 Å². The Kier molecular flexibility index (Phi) is 5.97. The molecule has 1 N–H and O–H groups in total. The molecular weight excluding hydrogens is 300 g/mol. The monoisotopic (exact) mass is 326 g/mol. The lowest BCUT2D eigenvalue weighted by atomic mass is 9.97. The van der Waals surface area contributed by atoms with E-state index in [0.29, 0.717) is 19.6 Å².